The molecule has 0 bridgehead atoms. The van der Waals surface area contributed by atoms with Crippen LogP contribution in [-0.2, 0) is 121 Å². The first kappa shape index (κ1) is 68.8. The molecule has 0 saturated heterocycles. The number of aliphatic hydroxyl groups is 2. The Morgan fingerprint density at radius 2 is 0.986 bits per heavy atom. The van der Waals surface area contributed by atoms with E-state index >= 15 is 0 Å². The van der Waals surface area contributed by atoms with Gasteiger partial charge in [-0.3, -0.25) is 38.4 Å². The standard InChI is InChI=1S/C18H16N3O4.C15H16NO6.C15H16NO4S2.3W/c22-10-9-19-18(25)8-4-13-3-7-17(24)16(11-13)21-20-15-5-1-14(12-23)2-6-15;17-8-7-16-15(22)14(21)13(20)12(19)6-5-10-1-3-11(9-18)4-2-10;17-8-7-16-15(20)11-22-21-10-14(19)6-5-12-1-3-13(9-18)4-2-12;;;/h1-3,5-7,11-12,24H,4,8-9H2,(H,19,25);1-4,9,13-14,20-21H,5-7H2,(H,16,22);1-4,9H,5-7,10-11H2,(H,16,20);;;/q3*-1;;;. The molecule has 3 amide bonds. The zero-order valence-electron chi connectivity index (χ0n) is 38.1. The number of aromatic hydroxyl groups is 1. The Bertz CT molecular complexity index is 2380. The molecule has 0 aromatic heterocycles. The number of ketones is 2. The molecule has 2 unspecified atom stereocenters. The van der Waals surface area contributed by atoms with Crippen LogP contribution in [-0.4, -0.2) is 126 Å². The maximum Gasteiger partial charge on any atom is 0.249 e. The van der Waals surface area contributed by atoms with Crippen LogP contribution in [0.2, 0.25) is 0 Å². The van der Waals surface area contributed by atoms with Crippen LogP contribution >= 0.6 is 21.6 Å². The van der Waals surface area contributed by atoms with Crippen LogP contribution in [0.25, 0.3) is 0 Å². The second kappa shape index (κ2) is 41.2. The van der Waals surface area contributed by atoms with Gasteiger partial charge in [0.05, 0.1) is 17.2 Å². The molecule has 0 saturated carbocycles. The predicted molar refractivity (Wildman–Crippen MR) is 256 cm³/mol. The summed E-state index contributed by atoms with van der Waals surface area (Å²) in [5.74, 6) is -1.59. The Kier molecular flexibility index (Phi) is 39.4. The van der Waals surface area contributed by atoms with Gasteiger partial charge in [-0.2, -0.15) is 5.11 Å². The van der Waals surface area contributed by atoms with Gasteiger partial charge >= 0.3 is 0 Å². The van der Waals surface area contributed by atoms with E-state index in [1.165, 1.54) is 33.9 Å². The van der Waals surface area contributed by atoms with Crippen molar-refractivity contribution in [2.75, 3.05) is 31.1 Å². The van der Waals surface area contributed by atoms with Crippen LogP contribution in [0.3, 0.4) is 0 Å². The smallest absolute Gasteiger partial charge is 0.249 e. The first-order valence-corrected chi connectivity index (χ1v) is 23.1. The molecule has 0 spiro atoms. The van der Waals surface area contributed by atoms with Gasteiger partial charge in [-0.15, -0.1) is 5.11 Å². The van der Waals surface area contributed by atoms with Crippen molar-refractivity contribution in [3.05, 3.63) is 124 Å². The minimum Gasteiger partial charge on any atom is -0.540 e. The van der Waals surface area contributed by atoms with E-state index in [9.17, 15) is 68.1 Å². The number of phenols is 1. The number of carbonyl (C=O) groups is 8. The summed E-state index contributed by atoms with van der Waals surface area (Å²) in [6, 6.07) is 25.0. The average Bonchev–Trinajstić information content (AvgIpc) is 3.38. The summed E-state index contributed by atoms with van der Waals surface area (Å²) in [7, 11) is 2.61. The molecule has 19 nitrogen and oxygen atoms in total. The van der Waals surface area contributed by atoms with Crippen molar-refractivity contribution in [2.24, 2.45) is 10.2 Å². The first-order valence-electron chi connectivity index (χ1n) is 20.6. The predicted octanol–water partition coefficient (Wildman–Crippen LogP) is 3.33. The SMILES string of the molecule is O=[C-]CNC(=O)C(O)C(O)C(=O)CCc1ccc(C=O)cc1.O=[C-]CNC(=O)CCc1ccc(O)c(N=Nc2ccc(C=O)cc2)c1.O=[C-]CNC(=O)CSSCC(=O)CCc1ccc(C=O)cc1.[W].[W].[W]. The molecular formula is C48H48N5O14S2W3-3. The average molecular weight is 1530 g/mol. The summed E-state index contributed by atoms with van der Waals surface area (Å²) >= 11 is 0. The molecule has 0 radical (unpaired) electrons. The van der Waals surface area contributed by atoms with Crippen LogP contribution in [0.4, 0.5) is 11.4 Å². The number of benzene rings is 4. The summed E-state index contributed by atoms with van der Waals surface area (Å²) in [4.78, 5) is 119. The molecular weight excluding hydrogens is 1490 g/mol. The fourth-order valence-electron chi connectivity index (χ4n) is 5.25. The molecule has 0 fully saturated rings. The van der Waals surface area contributed by atoms with Crippen LogP contribution in [0, 0.1) is 0 Å². The third-order valence-corrected chi connectivity index (χ3v) is 11.2. The van der Waals surface area contributed by atoms with Crippen molar-refractivity contribution < 1.29 is 131 Å². The fourth-order valence-corrected chi connectivity index (χ4v) is 7.12. The van der Waals surface area contributed by atoms with E-state index < -0.39 is 30.4 Å². The third kappa shape index (κ3) is 29.3. The van der Waals surface area contributed by atoms with Crippen LogP contribution in [0.15, 0.2) is 101 Å². The zero-order chi connectivity index (χ0) is 50.8. The van der Waals surface area contributed by atoms with Gasteiger partial charge in [0.1, 0.15) is 42.2 Å². The van der Waals surface area contributed by atoms with E-state index in [0.29, 0.717) is 60.1 Å². The second-order valence-corrected chi connectivity index (χ2v) is 16.5. The normalized spacial score (nSPS) is 10.7. The van der Waals surface area contributed by atoms with Crippen molar-refractivity contribution in [3.63, 3.8) is 0 Å². The van der Waals surface area contributed by atoms with Crippen molar-refractivity contribution in [3.8, 4) is 5.75 Å². The monoisotopic (exact) mass is 1530 g/mol. The summed E-state index contributed by atoms with van der Waals surface area (Å²) < 4.78 is 0. The number of hydrogen-bond acceptors (Lipinski definition) is 18. The molecule has 24 heteroatoms. The molecule has 4 aromatic carbocycles. The van der Waals surface area contributed by atoms with Crippen molar-refractivity contribution >= 4 is 100.0 Å². The largest absolute Gasteiger partial charge is 0.540 e. The summed E-state index contributed by atoms with van der Waals surface area (Å²) in [6.07, 6.45) is 4.91. The number of Topliss-reactive ketones (excluding diaryl/α,β-unsaturated/α-hetero) is 2. The molecule has 382 valence electrons. The van der Waals surface area contributed by atoms with Crippen LogP contribution in [0.5, 0.6) is 5.75 Å². The van der Waals surface area contributed by atoms with Gasteiger partial charge in [-0.25, -0.2) is 18.9 Å². The molecule has 4 rings (SSSR count). The molecule has 72 heavy (non-hydrogen) atoms. The van der Waals surface area contributed by atoms with Gasteiger partial charge < -0.3 is 45.7 Å². The van der Waals surface area contributed by atoms with E-state index in [0.717, 1.165) is 29.3 Å². The topological polar surface area (TPSA) is 309 Å². The number of azo groups is 1. The summed E-state index contributed by atoms with van der Waals surface area (Å²) in [5.41, 5.74) is 5.07. The Hall–Kier alpha value is -5.27. The first-order chi connectivity index (χ1) is 33.3. The molecule has 4 aromatic rings. The molecule has 0 aliphatic carbocycles. The van der Waals surface area contributed by atoms with E-state index in [2.05, 4.69) is 20.9 Å². The number of carbonyl (C=O) groups excluding carboxylic acids is 11. The Morgan fingerprint density at radius 1 is 0.542 bits per heavy atom. The van der Waals surface area contributed by atoms with Crippen LogP contribution < -0.4 is 16.0 Å². The van der Waals surface area contributed by atoms with E-state index in [1.54, 1.807) is 85.4 Å². The van der Waals surface area contributed by atoms with Crippen molar-refractivity contribution in [2.45, 2.75) is 50.7 Å². The van der Waals surface area contributed by atoms with Gasteiger partial charge in [0.2, 0.25) is 17.7 Å². The number of nitrogens with one attached hydrogen (secondary N) is 3. The Balaban J connectivity index is 0. The van der Waals surface area contributed by atoms with Crippen molar-refractivity contribution in [1.82, 2.24) is 16.0 Å². The third-order valence-electron chi connectivity index (χ3n) is 9.01. The van der Waals surface area contributed by atoms with E-state index in [1.807, 2.05) is 17.4 Å². The fraction of sp³-hybridized carbons (Fsp3) is 0.271. The minimum atomic E-state index is -1.93. The molecule has 6 N–H and O–H groups in total. The number of aliphatic hydroxyl groups excluding tert-OH is 2. The van der Waals surface area contributed by atoms with Gasteiger partial charge in [0.15, 0.2) is 11.9 Å². The number of rotatable bonds is 28. The Morgan fingerprint density at radius 3 is 1.50 bits per heavy atom. The number of nitrogens with zero attached hydrogens (tertiary/aromatic N) is 2. The number of amides is 3. The Labute approximate surface area is 465 Å². The number of phenolic OH excluding ortho intramolecular Hbond substituents is 1. The maximum atomic E-state index is 11.7. The summed E-state index contributed by atoms with van der Waals surface area (Å²) in [5, 5.41) is 43.8. The molecule has 0 aliphatic heterocycles. The quantitative estimate of drug-likeness (QED) is 0.0156. The number of aryl methyl sites for hydroxylation is 3. The van der Waals surface area contributed by atoms with E-state index in [4.69, 9.17) is 0 Å². The zero-order valence-corrected chi connectivity index (χ0v) is 48.5. The number of hydrogen-bond donors (Lipinski definition) is 6. The van der Waals surface area contributed by atoms with Gasteiger partial charge in [-0.1, -0.05) is 95.8 Å². The van der Waals surface area contributed by atoms with E-state index in [-0.39, 0.29) is 124 Å². The minimum absolute atomic E-state index is 0. The van der Waals surface area contributed by atoms with Gasteiger partial charge in [0, 0.05) is 99.1 Å². The molecule has 0 aliphatic rings. The number of aldehydes is 3. The van der Waals surface area contributed by atoms with Crippen molar-refractivity contribution in [1.29, 1.82) is 0 Å². The molecule has 2 atom stereocenters. The van der Waals surface area contributed by atoms with Gasteiger partial charge in [-0.05, 0) is 72.4 Å². The summed E-state index contributed by atoms with van der Waals surface area (Å²) in [6.45, 7) is -0.664. The van der Waals surface area contributed by atoms with Crippen LogP contribution in [0.1, 0.15) is 67.0 Å². The molecule has 0 heterocycles. The second-order valence-electron chi connectivity index (χ2n) is 14.1. The maximum absolute atomic E-state index is 11.7. The van der Waals surface area contributed by atoms with Gasteiger partial charge in [0.25, 0.3) is 0 Å².